The molecule has 0 bridgehead atoms. The average molecular weight is 290 g/mol. The third-order valence-electron chi connectivity index (χ3n) is 3.58. The van der Waals surface area contributed by atoms with Crippen molar-refractivity contribution in [1.29, 1.82) is 0 Å². The molecule has 1 aliphatic heterocycles. The number of carbonyl (C=O) groups is 2. The number of ether oxygens (including phenoxy) is 1. The molecule has 0 radical (unpaired) electrons. The summed E-state index contributed by atoms with van der Waals surface area (Å²) in [6.45, 7) is 4.76. The van der Waals surface area contributed by atoms with Gasteiger partial charge in [-0.1, -0.05) is 17.7 Å². The molecule has 1 aromatic carbocycles. The first-order valence-electron chi connectivity index (χ1n) is 7.29. The molecule has 5 heteroatoms. The van der Waals surface area contributed by atoms with Crippen LogP contribution in [0.4, 0.5) is 5.69 Å². The van der Waals surface area contributed by atoms with Crippen LogP contribution in [0.3, 0.4) is 0 Å². The molecule has 1 fully saturated rings. The van der Waals surface area contributed by atoms with Crippen molar-refractivity contribution in [3.63, 3.8) is 0 Å². The van der Waals surface area contributed by atoms with E-state index < -0.39 is 0 Å². The van der Waals surface area contributed by atoms with Crippen LogP contribution in [0.1, 0.15) is 25.3 Å². The van der Waals surface area contributed by atoms with Gasteiger partial charge in [0, 0.05) is 25.8 Å². The molecule has 0 aromatic heterocycles. The quantitative estimate of drug-likeness (QED) is 0.897. The molecule has 5 nitrogen and oxygen atoms in total. The van der Waals surface area contributed by atoms with E-state index in [-0.39, 0.29) is 24.5 Å². The highest BCUT2D eigenvalue weighted by atomic mass is 16.5. The summed E-state index contributed by atoms with van der Waals surface area (Å²) >= 11 is 0. The number of nitrogens with one attached hydrogen (secondary N) is 1. The molecule has 2 rings (SSSR count). The van der Waals surface area contributed by atoms with Crippen LogP contribution >= 0.6 is 0 Å². The van der Waals surface area contributed by atoms with Gasteiger partial charge in [-0.05, 0) is 31.9 Å². The summed E-state index contributed by atoms with van der Waals surface area (Å²) < 4.78 is 5.46. The predicted molar refractivity (Wildman–Crippen MR) is 81.2 cm³/mol. The Hall–Kier alpha value is -1.88. The zero-order chi connectivity index (χ0) is 15.2. The van der Waals surface area contributed by atoms with Crippen LogP contribution in [0.2, 0.25) is 0 Å². The maximum Gasteiger partial charge on any atom is 0.240 e. The molecule has 0 aliphatic carbocycles. The Balaban J connectivity index is 1.91. The second-order valence-electron chi connectivity index (χ2n) is 5.38. The minimum absolute atomic E-state index is 0.0329. The van der Waals surface area contributed by atoms with E-state index in [1.165, 1.54) is 11.8 Å². The number of rotatable bonds is 5. The van der Waals surface area contributed by atoms with Gasteiger partial charge in [-0.3, -0.25) is 9.59 Å². The topological polar surface area (TPSA) is 58.6 Å². The first-order chi connectivity index (χ1) is 10.1. The fourth-order valence-electron chi connectivity index (χ4n) is 2.34. The smallest absolute Gasteiger partial charge is 0.240 e. The van der Waals surface area contributed by atoms with E-state index in [4.69, 9.17) is 4.74 Å². The third kappa shape index (κ3) is 4.56. The number of carbonyl (C=O) groups excluding carboxylic acids is 2. The van der Waals surface area contributed by atoms with E-state index in [1.807, 2.05) is 31.2 Å². The summed E-state index contributed by atoms with van der Waals surface area (Å²) in [5, 5.41) is 2.83. The Morgan fingerprint density at radius 2 is 2.05 bits per heavy atom. The van der Waals surface area contributed by atoms with Gasteiger partial charge in [0.15, 0.2) is 0 Å². The molecule has 2 amide bonds. The number of hydrogen-bond donors (Lipinski definition) is 1. The minimum Gasteiger partial charge on any atom is -0.376 e. The monoisotopic (exact) mass is 290 g/mol. The SMILES string of the molecule is CC(=O)N(CC(=O)NCC1CCCO1)c1ccc(C)cc1. The van der Waals surface area contributed by atoms with E-state index in [9.17, 15) is 9.59 Å². The summed E-state index contributed by atoms with van der Waals surface area (Å²) in [5.41, 5.74) is 1.85. The van der Waals surface area contributed by atoms with Crippen LogP contribution in [-0.2, 0) is 14.3 Å². The first-order valence-corrected chi connectivity index (χ1v) is 7.29. The highest BCUT2D eigenvalue weighted by Gasteiger charge is 2.19. The molecule has 1 saturated heterocycles. The Bertz CT molecular complexity index is 493. The van der Waals surface area contributed by atoms with Gasteiger partial charge in [0.1, 0.15) is 6.54 Å². The summed E-state index contributed by atoms with van der Waals surface area (Å²) in [7, 11) is 0. The van der Waals surface area contributed by atoms with E-state index in [0.717, 1.165) is 30.7 Å². The van der Waals surface area contributed by atoms with Crippen LogP contribution < -0.4 is 10.2 Å². The predicted octanol–water partition coefficient (Wildman–Crippen LogP) is 1.64. The third-order valence-corrected chi connectivity index (χ3v) is 3.58. The van der Waals surface area contributed by atoms with Gasteiger partial charge in [-0.2, -0.15) is 0 Å². The van der Waals surface area contributed by atoms with E-state index in [0.29, 0.717) is 6.54 Å². The van der Waals surface area contributed by atoms with Gasteiger partial charge in [0.25, 0.3) is 0 Å². The largest absolute Gasteiger partial charge is 0.376 e. The van der Waals surface area contributed by atoms with Crippen LogP contribution in [-0.4, -0.2) is 37.6 Å². The number of benzene rings is 1. The molecule has 1 N–H and O–H groups in total. The van der Waals surface area contributed by atoms with Crippen LogP contribution in [0.25, 0.3) is 0 Å². The van der Waals surface area contributed by atoms with Crippen molar-refractivity contribution in [2.24, 2.45) is 0 Å². The first kappa shape index (κ1) is 15.5. The molecular formula is C16H22N2O3. The second kappa shape index (κ2) is 7.22. The maximum atomic E-state index is 12.0. The number of amides is 2. The molecule has 21 heavy (non-hydrogen) atoms. The normalized spacial score (nSPS) is 17.5. The van der Waals surface area contributed by atoms with E-state index in [2.05, 4.69) is 5.32 Å². The highest BCUT2D eigenvalue weighted by Crippen LogP contribution is 2.15. The van der Waals surface area contributed by atoms with E-state index >= 15 is 0 Å². The molecule has 1 heterocycles. The highest BCUT2D eigenvalue weighted by molar-refractivity contribution is 5.97. The number of aryl methyl sites for hydroxylation is 1. The van der Waals surface area contributed by atoms with Crippen molar-refractivity contribution in [3.8, 4) is 0 Å². The zero-order valence-corrected chi connectivity index (χ0v) is 12.6. The van der Waals surface area contributed by atoms with Crippen molar-refractivity contribution >= 4 is 17.5 Å². The van der Waals surface area contributed by atoms with Gasteiger partial charge in [-0.15, -0.1) is 0 Å². The van der Waals surface area contributed by atoms with Crippen LogP contribution in [0.15, 0.2) is 24.3 Å². The summed E-state index contributed by atoms with van der Waals surface area (Å²) in [4.78, 5) is 25.2. The number of nitrogens with zero attached hydrogens (tertiary/aromatic N) is 1. The fraction of sp³-hybridized carbons (Fsp3) is 0.500. The molecule has 1 aliphatic rings. The fourth-order valence-corrected chi connectivity index (χ4v) is 2.34. The van der Waals surface area contributed by atoms with Crippen molar-refractivity contribution in [3.05, 3.63) is 29.8 Å². The lowest BCUT2D eigenvalue weighted by molar-refractivity contribution is -0.123. The molecule has 1 aromatic rings. The van der Waals surface area contributed by atoms with Gasteiger partial charge in [0.2, 0.25) is 11.8 Å². The number of anilines is 1. The lowest BCUT2D eigenvalue weighted by Crippen LogP contribution is -2.42. The molecule has 1 atom stereocenters. The van der Waals surface area contributed by atoms with Gasteiger partial charge in [-0.25, -0.2) is 0 Å². The van der Waals surface area contributed by atoms with Crippen molar-refractivity contribution in [2.45, 2.75) is 32.8 Å². The van der Waals surface area contributed by atoms with Crippen molar-refractivity contribution < 1.29 is 14.3 Å². The Kier molecular flexibility index (Phi) is 5.33. The van der Waals surface area contributed by atoms with Gasteiger partial charge in [0.05, 0.1) is 6.10 Å². The van der Waals surface area contributed by atoms with Crippen LogP contribution in [0, 0.1) is 6.92 Å². The van der Waals surface area contributed by atoms with Crippen molar-refractivity contribution in [1.82, 2.24) is 5.32 Å². The lowest BCUT2D eigenvalue weighted by Gasteiger charge is -2.21. The molecular weight excluding hydrogens is 268 g/mol. The standard InChI is InChI=1S/C16H22N2O3/c1-12-5-7-14(8-6-12)18(13(2)19)11-16(20)17-10-15-4-3-9-21-15/h5-8,15H,3-4,9-11H2,1-2H3,(H,17,20). The average Bonchev–Trinajstić information content (AvgIpc) is 2.97. The Morgan fingerprint density at radius 3 is 2.62 bits per heavy atom. The summed E-state index contributed by atoms with van der Waals surface area (Å²) in [6.07, 6.45) is 2.14. The van der Waals surface area contributed by atoms with Crippen LogP contribution in [0.5, 0.6) is 0 Å². The Morgan fingerprint density at radius 1 is 1.33 bits per heavy atom. The molecule has 0 saturated carbocycles. The molecule has 0 spiro atoms. The van der Waals surface area contributed by atoms with Gasteiger partial charge >= 0.3 is 0 Å². The molecule has 114 valence electrons. The summed E-state index contributed by atoms with van der Waals surface area (Å²) in [5.74, 6) is -0.313. The molecule has 1 unspecified atom stereocenters. The minimum atomic E-state index is -0.165. The van der Waals surface area contributed by atoms with Crippen molar-refractivity contribution in [2.75, 3.05) is 24.6 Å². The zero-order valence-electron chi connectivity index (χ0n) is 12.6. The van der Waals surface area contributed by atoms with E-state index in [1.54, 1.807) is 0 Å². The lowest BCUT2D eigenvalue weighted by atomic mass is 10.2. The second-order valence-corrected chi connectivity index (χ2v) is 5.38. The maximum absolute atomic E-state index is 12.0. The number of hydrogen-bond acceptors (Lipinski definition) is 3. The Labute approximate surface area is 125 Å². The summed E-state index contributed by atoms with van der Waals surface area (Å²) in [6, 6.07) is 7.55. The van der Waals surface area contributed by atoms with Gasteiger partial charge < -0.3 is 15.0 Å².